The maximum absolute atomic E-state index is 13.4. The van der Waals surface area contributed by atoms with E-state index in [-0.39, 0.29) is 23.3 Å². The minimum absolute atomic E-state index is 0.159. The second kappa shape index (κ2) is 9.54. The van der Waals surface area contributed by atoms with Gasteiger partial charge in [-0.2, -0.15) is 0 Å². The fraction of sp³-hybridized carbons (Fsp3) is 0.261. The first-order valence-corrected chi connectivity index (χ1v) is 10.2. The summed E-state index contributed by atoms with van der Waals surface area (Å²) in [6, 6.07) is 15.0. The summed E-state index contributed by atoms with van der Waals surface area (Å²) in [5.41, 5.74) is 2.82. The van der Waals surface area contributed by atoms with Gasteiger partial charge in [0.15, 0.2) is 5.11 Å². The highest BCUT2D eigenvalue weighted by Gasteiger charge is 2.40. The van der Waals surface area contributed by atoms with Crippen molar-refractivity contribution in [2.24, 2.45) is 0 Å². The van der Waals surface area contributed by atoms with E-state index in [1.54, 1.807) is 6.08 Å². The SMILES string of the molecule is CCOc1ccccc1/C=C1/C(=O)N(c2ccc(CC)cc2)C(=S)N1CC(=O)OC. The lowest BCUT2D eigenvalue weighted by Gasteiger charge is -2.19. The Hall–Kier alpha value is -3.19. The zero-order valence-corrected chi connectivity index (χ0v) is 18.1. The lowest BCUT2D eigenvalue weighted by Crippen LogP contribution is -2.35. The molecular weight excluding hydrogens is 400 g/mol. The largest absolute Gasteiger partial charge is 0.493 e. The third kappa shape index (κ3) is 4.36. The molecule has 0 spiro atoms. The molecule has 0 unspecified atom stereocenters. The Labute approximate surface area is 181 Å². The molecule has 1 saturated heterocycles. The molecular formula is C23H24N2O4S. The van der Waals surface area contributed by atoms with E-state index in [0.29, 0.717) is 18.0 Å². The number of benzene rings is 2. The van der Waals surface area contributed by atoms with Gasteiger partial charge in [0.25, 0.3) is 5.91 Å². The molecule has 7 heteroatoms. The van der Waals surface area contributed by atoms with E-state index in [0.717, 1.165) is 17.5 Å². The molecule has 1 amide bonds. The highest BCUT2D eigenvalue weighted by atomic mass is 32.1. The molecule has 1 aliphatic heterocycles. The normalized spacial score (nSPS) is 15.1. The van der Waals surface area contributed by atoms with Crippen molar-refractivity contribution in [1.29, 1.82) is 0 Å². The molecule has 1 fully saturated rings. The van der Waals surface area contributed by atoms with Gasteiger partial charge in [-0.1, -0.05) is 37.3 Å². The zero-order chi connectivity index (χ0) is 21.7. The van der Waals surface area contributed by atoms with E-state index < -0.39 is 5.97 Å². The molecule has 30 heavy (non-hydrogen) atoms. The van der Waals surface area contributed by atoms with Gasteiger partial charge in [-0.05, 0) is 55.4 Å². The van der Waals surface area contributed by atoms with Gasteiger partial charge in [0.05, 0.1) is 19.4 Å². The van der Waals surface area contributed by atoms with Crippen molar-refractivity contribution in [3.05, 3.63) is 65.4 Å². The van der Waals surface area contributed by atoms with Gasteiger partial charge >= 0.3 is 5.97 Å². The summed E-state index contributed by atoms with van der Waals surface area (Å²) < 4.78 is 10.5. The van der Waals surface area contributed by atoms with Crippen LogP contribution < -0.4 is 9.64 Å². The minimum Gasteiger partial charge on any atom is -0.493 e. The van der Waals surface area contributed by atoms with Crippen molar-refractivity contribution in [1.82, 2.24) is 4.90 Å². The van der Waals surface area contributed by atoms with Crippen LogP contribution in [0.15, 0.2) is 54.2 Å². The number of hydrogen-bond donors (Lipinski definition) is 0. The molecule has 3 rings (SSSR count). The Morgan fingerprint density at radius 3 is 2.43 bits per heavy atom. The van der Waals surface area contributed by atoms with Gasteiger partial charge in [-0.15, -0.1) is 0 Å². The van der Waals surface area contributed by atoms with Crippen molar-refractivity contribution in [3.8, 4) is 5.75 Å². The number of amides is 1. The van der Waals surface area contributed by atoms with E-state index >= 15 is 0 Å². The summed E-state index contributed by atoms with van der Waals surface area (Å²) in [4.78, 5) is 28.3. The Morgan fingerprint density at radius 1 is 1.10 bits per heavy atom. The van der Waals surface area contributed by atoms with E-state index in [1.165, 1.54) is 16.9 Å². The topological polar surface area (TPSA) is 59.1 Å². The third-order valence-electron chi connectivity index (χ3n) is 4.76. The van der Waals surface area contributed by atoms with E-state index in [9.17, 15) is 9.59 Å². The van der Waals surface area contributed by atoms with Crippen LogP contribution in [0.5, 0.6) is 5.75 Å². The number of aryl methyl sites for hydroxylation is 1. The maximum atomic E-state index is 13.4. The van der Waals surface area contributed by atoms with Crippen LogP contribution in [0.3, 0.4) is 0 Å². The summed E-state index contributed by atoms with van der Waals surface area (Å²) in [5.74, 6) is -0.147. The number of esters is 1. The van der Waals surface area contributed by atoms with Gasteiger partial charge in [0.1, 0.15) is 18.0 Å². The van der Waals surface area contributed by atoms with Crippen molar-refractivity contribution in [3.63, 3.8) is 0 Å². The molecule has 0 atom stereocenters. The second-order valence-corrected chi connectivity index (χ2v) is 6.97. The average molecular weight is 425 g/mol. The molecule has 0 bridgehead atoms. The highest BCUT2D eigenvalue weighted by Crippen LogP contribution is 2.31. The average Bonchev–Trinajstić information content (AvgIpc) is 2.99. The quantitative estimate of drug-likeness (QED) is 0.383. The number of carbonyl (C=O) groups excluding carboxylic acids is 2. The van der Waals surface area contributed by atoms with Gasteiger partial charge < -0.3 is 14.4 Å². The molecule has 0 radical (unpaired) electrons. The van der Waals surface area contributed by atoms with E-state index in [2.05, 4.69) is 6.92 Å². The molecule has 0 aromatic heterocycles. The number of anilines is 1. The maximum Gasteiger partial charge on any atom is 0.325 e. The Kier molecular flexibility index (Phi) is 6.84. The van der Waals surface area contributed by atoms with Crippen molar-refractivity contribution in [2.75, 3.05) is 25.2 Å². The first-order valence-electron chi connectivity index (χ1n) is 9.75. The summed E-state index contributed by atoms with van der Waals surface area (Å²) in [6.45, 7) is 4.29. The zero-order valence-electron chi connectivity index (χ0n) is 17.3. The van der Waals surface area contributed by atoms with Gasteiger partial charge in [0.2, 0.25) is 0 Å². The van der Waals surface area contributed by atoms with Crippen molar-refractivity contribution >= 4 is 41.0 Å². The van der Waals surface area contributed by atoms with Crippen LogP contribution >= 0.6 is 12.2 Å². The number of carbonyl (C=O) groups is 2. The smallest absolute Gasteiger partial charge is 0.325 e. The monoisotopic (exact) mass is 424 g/mol. The molecule has 2 aromatic carbocycles. The first kappa shape index (κ1) is 21.5. The number of thiocarbonyl (C=S) groups is 1. The lowest BCUT2D eigenvalue weighted by atomic mass is 10.1. The number of methoxy groups -OCH3 is 1. The molecule has 0 N–H and O–H groups in total. The molecule has 1 heterocycles. The predicted molar refractivity (Wildman–Crippen MR) is 120 cm³/mol. The van der Waals surface area contributed by atoms with Gasteiger partial charge in [-0.3, -0.25) is 14.5 Å². The van der Waals surface area contributed by atoms with Crippen LogP contribution in [0, 0.1) is 0 Å². The van der Waals surface area contributed by atoms with Gasteiger partial charge in [-0.25, -0.2) is 0 Å². The standard InChI is InChI=1S/C23H24N2O4S/c1-4-16-10-12-18(13-11-16)25-22(27)19(24(23(25)30)15-21(26)28-3)14-17-8-6-7-9-20(17)29-5-2/h6-14H,4-5,15H2,1-3H3/b19-14-. The van der Waals surface area contributed by atoms with Crippen LogP contribution in [-0.4, -0.2) is 42.2 Å². The van der Waals surface area contributed by atoms with Crippen LogP contribution in [0.25, 0.3) is 6.08 Å². The molecule has 2 aromatic rings. The fourth-order valence-corrected chi connectivity index (χ4v) is 3.52. The minimum atomic E-state index is -0.489. The third-order valence-corrected chi connectivity index (χ3v) is 5.17. The van der Waals surface area contributed by atoms with Crippen LogP contribution in [0.1, 0.15) is 25.0 Å². The fourth-order valence-electron chi connectivity index (χ4n) is 3.17. The molecule has 1 aliphatic rings. The summed E-state index contributed by atoms with van der Waals surface area (Å²) >= 11 is 5.58. The molecule has 0 saturated carbocycles. The summed E-state index contributed by atoms with van der Waals surface area (Å²) in [5, 5.41) is 0.231. The number of rotatable bonds is 7. The van der Waals surface area contributed by atoms with Crippen LogP contribution in [-0.2, 0) is 20.7 Å². The van der Waals surface area contributed by atoms with E-state index in [1.807, 2.05) is 55.5 Å². The molecule has 156 valence electrons. The number of nitrogens with zero attached hydrogens (tertiary/aromatic N) is 2. The van der Waals surface area contributed by atoms with Crippen LogP contribution in [0.4, 0.5) is 5.69 Å². The Morgan fingerprint density at radius 2 is 1.80 bits per heavy atom. The summed E-state index contributed by atoms with van der Waals surface area (Å²) in [6.07, 6.45) is 2.59. The number of ether oxygens (including phenoxy) is 2. The van der Waals surface area contributed by atoms with Crippen molar-refractivity contribution in [2.45, 2.75) is 20.3 Å². The molecule has 0 aliphatic carbocycles. The predicted octanol–water partition coefficient (Wildman–Crippen LogP) is 3.80. The van der Waals surface area contributed by atoms with Crippen molar-refractivity contribution < 1.29 is 19.1 Å². The summed E-state index contributed by atoms with van der Waals surface area (Å²) in [7, 11) is 1.30. The van der Waals surface area contributed by atoms with Gasteiger partial charge in [0, 0.05) is 5.56 Å². The Balaban J connectivity index is 2.05. The molecule has 6 nitrogen and oxygen atoms in total. The lowest BCUT2D eigenvalue weighted by molar-refractivity contribution is -0.140. The number of hydrogen-bond acceptors (Lipinski definition) is 5. The van der Waals surface area contributed by atoms with E-state index in [4.69, 9.17) is 21.7 Å². The number of para-hydroxylation sites is 1. The highest BCUT2D eigenvalue weighted by molar-refractivity contribution is 7.80. The second-order valence-electron chi connectivity index (χ2n) is 6.61. The first-order chi connectivity index (χ1) is 14.5. The Bertz CT molecular complexity index is 985. The van der Waals surface area contributed by atoms with Crippen LogP contribution in [0.2, 0.25) is 0 Å².